The van der Waals surface area contributed by atoms with Gasteiger partial charge in [-0.1, -0.05) is 13.0 Å². The molecule has 4 fully saturated rings. The van der Waals surface area contributed by atoms with Crippen molar-refractivity contribution < 1.29 is 23.5 Å². The maximum absolute atomic E-state index is 15.4. The molecule has 1 atom stereocenters. The first-order valence-electron chi connectivity index (χ1n) is 23.2. The van der Waals surface area contributed by atoms with Gasteiger partial charge in [0, 0.05) is 54.8 Å². The first-order chi connectivity index (χ1) is 31.3. The number of pyridine rings is 1. The van der Waals surface area contributed by atoms with Crippen LogP contribution in [0.1, 0.15) is 121 Å². The molecule has 65 heavy (non-hydrogen) atoms. The standard InChI is InChI=1S/C49H58FN11O4/c1-5-49(47(64)65-48(2,3)4)18-22-59(23-19-49)42-14-6-32(26-52-42)44-45-33(25-51)27-54-61(45)30-41(56-44)34-28-53-60(29-34)37-10-8-36(9-11-37)58-20-16-31(17-21-58)38-12-7-35(24-39(38)50)55-40-13-15-43(62)57-46(40)63/h6-7,12,14,24,26-31,36-37,40,55H,5,8-11,13,15-23H2,1-4H3,(H,57,62,63)/t36-,37-,40-/m1/s1. The van der Waals surface area contributed by atoms with Gasteiger partial charge >= 0.3 is 5.97 Å². The van der Waals surface area contributed by atoms with E-state index in [0.717, 1.165) is 80.5 Å². The zero-order valence-corrected chi connectivity index (χ0v) is 37.7. The van der Waals surface area contributed by atoms with Crippen molar-refractivity contribution in [2.75, 3.05) is 36.4 Å². The van der Waals surface area contributed by atoms with Crippen LogP contribution in [0.4, 0.5) is 15.9 Å². The third kappa shape index (κ3) is 9.20. The number of nitriles is 1. The van der Waals surface area contributed by atoms with Gasteiger partial charge in [0.15, 0.2) is 0 Å². The van der Waals surface area contributed by atoms with E-state index in [1.165, 1.54) is 6.07 Å². The second-order valence-electron chi connectivity index (χ2n) is 19.3. The molecule has 15 nitrogen and oxygen atoms in total. The first kappa shape index (κ1) is 44.0. The summed E-state index contributed by atoms with van der Waals surface area (Å²) in [6.45, 7) is 11.0. The highest BCUT2D eigenvalue weighted by Crippen LogP contribution is 2.40. The van der Waals surface area contributed by atoms with Crippen LogP contribution < -0.4 is 15.5 Å². The Bertz CT molecular complexity index is 2600. The molecule has 0 bridgehead atoms. The third-order valence-corrected chi connectivity index (χ3v) is 14.2. The highest BCUT2D eigenvalue weighted by Gasteiger charge is 2.43. The molecule has 9 rings (SSSR count). The summed E-state index contributed by atoms with van der Waals surface area (Å²) in [5.41, 5.74) is 4.22. The van der Waals surface area contributed by atoms with Gasteiger partial charge in [0.2, 0.25) is 11.8 Å². The molecule has 2 amide bonds. The molecule has 2 N–H and O–H groups in total. The second-order valence-corrected chi connectivity index (χ2v) is 19.3. The molecule has 4 aliphatic rings. The second kappa shape index (κ2) is 18.0. The minimum absolute atomic E-state index is 0.119. The van der Waals surface area contributed by atoms with Gasteiger partial charge in [-0.3, -0.25) is 24.4 Å². The van der Waals surface area contributed by atoms with Crippen molar-refractivity contribution in [3.8, 4) is 28.6 Å². The number of rotatable bonds is 10. The summed E-state index contributed by atoms with van der Waals surface area (Å²) < 4.78 is 25.0. The Morgan fingerprint density at radius 3 is 2.35 bits per heavy atom. The van der Waals surface area contributed by atoms with E-state index in [0.29, 0.717) is 66.5 Å². The number of esters is 1. The number of nitrogens with zero attached hydrogens (tertiary/aromatic N) is 9. The minimum atomic E-state index is -0.548. The quantitative estimate of drug-likeness (QED) is 0.104. The number of halogens is 1. The van der Waals surface area contributed by atoms with Crippen molar-refractivity contribution in [1.29, 1.82) is 5.26 Å². The third-order valence-electron chi connectivity index (χ3n) is 14.2. The molecule has 1 saturated carbocycles. The number of carbonyl (C=O) groups excluding carboxylic acids is 3. The van der Waals surface area contributed by atoms with Crippen LogP contribution in [0, 0.1) is 22.6 Å². The Morgan fingerprint density at radius 1 is 0.938 bits per heavy atom. The Morgan fingerprint density at radius 2 is 1.69 bits per heavy atom. The molecule has 0 unspecified atom stereocenters. The van der Waals surface area contributed by atoms with E-state index in [1.54, 1.807) is 16.9 Å². The molecule has 4 aromatic heterocycles. The summed E-state index contributed by atoms with van der Waals surface area (Å²) in [6.07, 6.45) is 17.8. The topological polar surface area (TPSA) is 176 Å². The van der Waals surface area contributed by atoms with Crippen LogP contribution in [-0.2, 0) is 19.1 Å². The predicted octanol–water partition coefficient (Wildman–Crippen LogP) is 7.58. The number of likely N-dealkylation sites (tertiary alicyclic amines) is 1. The molecule has 3 saturated heterocycles. The highest BCUT2D eigenvalue weighted by atomic mass is 19.1. The fourth-order valence-electron chi connectivity index (χ4n) is 10.3. The van der Waals surface area contributed by atoms with E-state index < -0.39 is 17.1 Å². The van der Waals surface area contributed by atoms with Crippen molar-refractivity contribution in [1.82, 2.24) is 39.6 Å². The number of ether oxygens (including phenoxy) is 1. The van der Waals surface area contributed by atoms with Crippen LogP contribution in [0.25, 0.3) is 28.0 Å². The Labute approximate surface area is 378 Å². The normalized spacial score (nSPS) is 22.1. The summed E-state index contributed by atoms with van der Waals surface area (Å²) in [7, 11) is 0. The number of aromatic nitrogens is 6. The molecule has 0 radical (unpaired) electrons. The summed E-state index contributed by atoms with van der Waals surface area (Å²) in [4.78, 5) is 51.6. The van der Waals surface area contributed by atoms with E-state index in [9.17, 15) is 19.6 Å². The summed E-state index contributed by atoms with van der Waals surface area (Å²) in [6, 6.07) is 11.6. The summed E-state index contributed by atoms with van der Waals surface area (Å²) in [5.74, 6) is -0.0627. The molecule has 1 aliphatic carbocycles. The van der Waals surface area contributed by atoms with Gasteiger partial charge in [0.25, 0.3) is 0 Å². The Kier molecular flexibility index (Phi) is 12.2. The van der Waals surface area contributed by atoms with Crippen LogP contribution in [0.15, 0.2) is 61.3 Å². The number of hydrogen-bond acceptors (Lipinski definition) is 12. The lowest BCUT2D eigenvalue weighted by atomic mass is 9.76. The van der Waals surface area contributed by atoms with E-state index in [1.807, 2.05) is 57.4 Å². The summed E-state index contributed by atoms with van der Waals surface area (Å²) in [5, 5.41) is 24.8. The van der Waals surface area contributed by atoms with Crippen molar-refractivity contribution in [2.24, 2.45) is 5.41 Å². The molecule has 16 heteroatoms. The van der Waals surface area contributed by atoms with Crippen molar-refractivity contribution in [3.63, 3.8) is 0 Å². The van der Waals surface area contributed by atoms with Crippen LogP contribution in [0.3, 0.4) is 0 Å². The molecule has 5 aromatic rings. The van der Waals surface area contributed by atoms with Crippen LogP contribution in [0.5, 0.6) is 0 Å². The minimum Gasteiger partial charge on any atom is -0.460 e. The van der Waals surface area contributed by atoms with Gasteiger partial charge in [0.1, 0.15) is 40.4 Å². The van der Waals surface area contributed by atoms with Crippen LogP contribution in [0.2, 0.25) is 0 Å². The number of amides is 2. The number of hydrogen-bond donors (Lipinski definition) is 2. The molecular weight excluding hydrogens is 826 g/mol. The molecule has 3 aliphatic heterocycles. The number of fused-ring (bicyclic) bond motifs is 1. The fourth-order valence-corrected chi connectivity index (χ4v) is 10.3. The molecule has 7 heterocycles. The highest BCUT2D eigenvalue weighted by molar-refractivity contribution is 6.01. The number of carbonyl (C=O) groups is 3. The molecular formula is C49H58FN11O4. The van der Waals surface area contributed by atoms with E-state index in [4.69, 9.17) is 19.8 Å². The number of anilines is 2. The molecule has 1 aromatic carbocycles. The largest absolute Gasteiger partial charge is 0.460 e. The van der Waals surface area contributed by atoms with Gasteiger partial charge < -0.3 is 19.9 Å². The van der Waals surface area contributed by atoms with Gasteiger partial charge in [-0.05, 0) is 134 Å². The van der Waals surface area contributed by atoms with Crippen molar-refractivity contribution in [2.45, 2.75) is 128 Å². The molecule has 340 valence electrons. The zero-order valence-electron chi connectivity index (χ0n) is 37.7. The number of nitrogens with one attached hydrogen (secondary N) is 2. The van der Waals surface area contributed by atoms with E-state index in [-0.39, 0.29) is 42.0 Å². The predicted molar refractivity (Wildman–Crippen MR) is 243 cm³/mol. The summed E-state index contributed by atoms with van der Waals surface area (Å²) >= 11 is 0. The van der Waals surface area contributed by atoms with Crippen LogP contribution in [-0.4, -0.2) is 95.9 Å². The number of benzene rings is 1. The number of piperidine rings is 3. The number of imide groups is 1. The van der Waals surface area contributed by atoms with Gasteiger partial charge in [-0.2, -0.15) is 15.5 Å². The fraction of sp³-hybridized carbons (Fsp3) is 0.510. The monoisotopic (exact) mass is 883 g/mol. The lowest BCUT2D eigenvalue weighted by molar-refractivity contribution is -0.169. The maximum atomic E-state index is 15.4. The van der Waals surface area contributed by atoms with Crippen molar-refractivity contribution >= 4 is 34.8 Å². The van der Waals surface area contributed by atoms with E-state index >= 15 is 4.39 Å². The Hall–Kier alpha value is -6.21. The Balaban J connectivity index is 0.816. The first-order valence-corrected chi connectivity index (χ1v) is 23.2. The maximum Gasteiger partial charge on any atom is 0.312 e. The van der Waals surface area contributed by atoms with Gasteiger partial charge in [-0.15, -0.1) is 0 Å². The molecule has 0 spiro atoms. The average Bonchev–Trinajstić information content (AvgIpc) is 3.98. The lowest BCUT2D eigenvalue weighted by Crippen LogP contribution is -2.47. The lowest BCUT2D eigenvalue weighted by Gasteiger charge is -2.41. The van der Waals surface area contributed by atoms with E-state index in [2.05, 4.69) is 49.4 Å². The SMILES string of the molecule is CCC1(C(=O)OC(C)(C)C)CCN(c2ccc(-c3nc(-c4cnn([C@H]5CC[C@H](N6CCC(c7ccc(N[C@@H]8CCC(=O)NC8=O)cc7F)CC6)CC5)c4)cn4ncc(C#N)c34)cn2)CC1. The zero-order chi connectivity index (χ0) is 45.5. The van der Waals surface area contributed by atoms with Gasteiger partial charge in [-0.25, -0.2) is 18.9 Å². The van der Waals surface area contributed by atoms with Gasteiger partial charge in [0.05, 0.1) is 41.4 Å². The smallest absolute Gasteiger partial charge is 0.312 e. The van der Waals surface area contributed by atoms with Crippen LogP contribution >= 0.6 is 0 Å². The average molecular weight is 884 g/mol. The van der Waals surface area contributed by atoms with Crippen molar-refractivity contribution in [3.05, 3.63) is 78.3 Å².